The van der Waals surface area contributed by atoms with Crippen LogP contribution in [0.2, 0.25) is 0 Å². The number of esters is 2. The zero-order valence-corrected chi connectivity index (χ0v) is 25.5. The van der Waals surface area contributed by atoms with Gasteiger partial charge in [-0.2, -0.15) is 0 Å². The Morgan fingerprint density at radius 2 is 1.38 bits per heavy atom. The number of aliphatic carboxylic acids is 1. The minimum atomic E-state index is -1.37. The lowest BCUT2D eigenvalue weighted by Gasteiger charge is -2.27. The average molecular weight is 566 g/mol. The number of carboxylic acids is 1. The first-order valence-corrected chi connectivity index (χ1v) is 13.8. The summed E-state index contributed by atoms with van der Waals surface area (Å²) in [5.41, 5.74) is 5.75. The summed E-state index contributed by atoms with van der Waals surface area (Å²) in [6.45, 7) is 18.0. The van der Waals surface area contributed by atoms with Crippen molar-refractivity contribution in [2.45, 2.75) is 106 Å². The van der Waals surface area contributed by atoms with Crippen LogP contribution in [0, 0.1) is 23.7 Å². The summed E-state index contributed by atoms with van der Waals surface area (Å²) in [6, 6.07) is 3.09. The molecule has 10 heteroatoms. The molecule has 0 saturated carbocycles. The SMILES string of the molecule is CCC(C)(C)OC(=O)OC(C)CC(c1ccc(OC(=O)C(C)C(C)C)c(OC(=O)C(C)C(C)C)c1)[C@H](N)C(=O)O. The van der Waals surface area contributed by atoms with E-state index in [1.807, 2.05) is 34.6 Å². The number of hydrogen-bond donors (Lipinski definition) is 2. The summed E-state index contributed by atoms with van der Waals surface area (Å²) in [4.78, 5) is 49.7. The molecule has 0 aliphatic carbocycles. The van der Waals surface area contributed by atoms with Crippen molar-refractivity contribution < 1.29 is 43.2 Å². The molecule has 0 radical (unpaired) electrons. The van der Waals surface area contributed by atoms with E-state index in [0.717, 1.165) is 0 Å². The Morgan fingerprint density at radius 3 is 1.82 bits per heavy atom. The molecule has 0 spiro atoms. The van der Waals surface area contributed by atoms with Crippen molar-refractivity contribution in [2.75, 3.05) is 0 Å². The summed E-state index contributed by atoms with van der Waals surface area (Å²) >= 11 is 0. The van der Waals surface area contributed by atoms with E-state index < -0.39 is 59.6 Å². The first-order chi connectivity index (χ1) is 18.4. The fourth-order valence-corrected chi connectivity index (χ4v) is 3.42. The van der Waals surface area contributed by atoms with Gasteiger partial charge in [0.1, 0.15) is 17.7 Å². The number of carbonyl (C=O) groups is 4. The predicted octanol–water partition coefficient (Wildman–Crippen LogP) is 5.70. The van der Waals surface area contributed by atoms with Crippen molar-refractivity contribution in [3.8, 4) is 11.5 Å². The highest BCUT2D eigenvalue weighted by molar-refractivity contribution is 5.79. The van der Waals surface area contributed by atoms with Crippen molar-refractivity contribution in [3.63, 3.8) is 0 Å². The second-order valence-electron chi connectivity index (χ2n) is 11.7. The van der Waals surface area contributed by atoms with E-state index in [9.17, 15) is 24.3 Å². The van der Waals surface area contributed by atoms with E-state index in [0.29, 0.717) is 12.0 Å². The van der Waals surface area contributed by atoms with Crippen LogP contribution in [-0.2, 0) is 23.9 Å². The van der Waals surface area contributed by atoms with Crippen LogP contribution in [0.25, 0.3) is 0 Å². The summed E-state index contributed by atoms with van der Waals surface area (Å²) in [7, 11) is 0. The number of ether oxygens (including phenoxy) is 4. The van der Waals surface area contributed by atoms with Gasteiger partial charge < -0.3 is 29.8 Å². The zero-order valence-electron chi connectivity index (χ0n) is 25.5. The van der Waals surface area contributed by atoms with Crippen molar-refractivity contribution in [3.05, 3.63) is 23.8 Å². The van der Waals surface area contributed by atoms with E-state index in [2.05, 4.69) is 0 Å². The molecule has 0 aliphatic heterocycles. The average Bonchev–Trinajstić information content (AvgIpc) is 2.86. The fraction of sp³-hybridized carbons (Fsp3) is 0.667. The van der Waals surface area contributed by atoms with Crippen LogP contribution in [-0.4, -0.2) is 46.9 Å². The number of carbonyl (C=O) groups excluding carboxylic acids is 3. The molecule has 0 amide bonds. The fourth-order valence-electron chi connectivity index (χ4n) is 3.42. The first-order valence-electron chi connectivity index (χ1n) is 13.8. The lowest BCUT2D eigenvalue weighted by molar-refractivity contribution is -0.142. The van der Waals surface area contributed by atoms with Gasteiger partial charge >= 0.3 is 24.1 Å². The molecule has 0 saturated heterocycles. The molecule has 10 nitrogen and oxygen atoms in total. The lowest BCUT2D eigenvalue weighted by atomic mass is 9.87. The van der Waals surface area contributed by atoms with E-state index >= 15 is 0 Å². The Bertz CT molecular complexity index is 1030. The molecule has 1 rings (SSSR count). The first kappa shape index (κ1) is 34.9. The summed E-state index contributed by atoms with van der Waals surface area (Å²) < 4.78 is 22.0. The number of hydrogen-bond acceptors (Lipinski definition) is 9. The van der Waals surface area contributed by atoms with Crippen molar-refractivity contribution in [1.29, 1.82) is 0 Å². The number of nitrogens with two attached hydrogens (primary N) is 1. The van der Waals surface area contributed by atoms with Gasteiger partial charge in [-0.3, -0.25) is 14.4 Å². The standard InChI is InChI=1S/C30H47NO9/c1-11-30(9,10)40-29(36)37-18(6)14-22(25(31)26(32)33)21-12-13-23(38-27(34)19(7)16(2)3)24(15-21)39-28(35)20(8)17(4)5/h12-13,15-20,22,25H,11,14,31H2,1-10H3,(H,32,33)/t18?,19?,20?,22?,25-/m0/s1. The lowest BCUT2D eigenvalue weighted by Crippen LogP contribution is -2.38. The minimum Gasteiger partial charge on any atom is -0.480 e. The Balaban J connectivity index is 3.42. The number of benzene rings is 1. The van der Waals surface area contributed by atoms with E-state index in [4.69, 9.17) is 24.7 Å². The molecule has 226 valence electrons. The number of rotatable bonds is 14. The van der Waals surface area contributed by atoms with Crippen molar-refractivity contribution in [1.82, 2.24) is 0 Å². The highest BCUT2D eigenvalue weighted by Crippen LogP contribution is 2.36. The Hall–Kier alpha value is -3.14. The smallest absolute Gasteiger partial charge is 0.480 e. The van der Waals surface area contributed by atoms with Crippen LogP contribution in [0.3, 0.4) is 0 Å². The van der Waals surface area contributed by atoms with E-state index in [1.165, 1.54) is 12.1 Å². The van der Waals surface area contributed by atoms with Gasteiger partial charge in [0.25, 0.3) is 0 Å². The molecule has 1 aromatic rings. The third kappa shape index (κ3) is 10.4. The molecular formula is C30H47NO9. The predicted molar refractivity (Wildman–Crippen MR) is 150 cm³/mol. The van der Waals surface area contributed by atoms with Gasteiger partial charge in [-0.15, -0.1) is 0 Å². The minimum absolute atomic E-state index is 0.00809. The molecule has 1 aromatic carbocycles. The maximum absolute atomic E-state index is 12.8. The normalized spacial score (nSPS) is 15.5. The molecule has 0 bridgehead atoms. The van der Waals surface area contributed by atoms with Gasteiger partial charge in [-0.1, -0.05) is 54.5 Å². The molecule has 40 heavy (non-hydrogen) atoms. The molecule has 5 atom stereocenters. The number of carboxylic acid groups (broad SMARTS) is 1. The third-order valence-electron chi connectivity index (χ3n) is 7.37. The molecule has 0 fully saturated rings. The van der Waals surface area contributed by atoms with Crippen LogP contribution < -0.4 is 15.2 Å². The second-order valence-corrected chi connectivity index (χ2v) is 11.7. The Labute approximate surface area is 237 Å². The highest BCUT2D eigenvalue weighted by Gasteiger charge is 2.32. The molecule has 0 aliphatic rings. The molecule has 3 N–H and O–H groups in total. The van der Waals surface area contributed by atoms with Crippen LogP contribution in [0.4, 0.5) is 4.79 Å². The van der Waals surface area contributed by atoms with Gasteiger partial charge in [-0.25, -0.2) is 4.79 Å². The summed E-state index contributed by atoms with van der Waals surface area (Å²) in [5.74, 6) is -3.99. The Morgan fingerprint density at radius 1 is 0.875 bits per heavy atom. The topological polar surface area (TPSA) is 151 Å². The van der Waals surface area contributed by atoms with Crippen LogP contribution in [0.5, 0.6) is 11.5 Å². The largest absolute Gasteiger partial charge is 0.509 e. The third-order valence-corrected chi connectivity index (χ3v) is 7.37. The monoisotopic (exact) mass is 565 g/mol. The van der Waals surface area contributed by atoms with Gasteiger partial charge in [0.05, 0.1) is 11.8 Å². The zero-order chi connectivity index (χ0) is 30.9. The second kappa shape index (κ2) is 15.0. The van der Waals surface area contributed by atoms with Gasteiger partial charge in [-0.05, 0) is 63.1 Å². The Kier molecular flexibility index (Phi) is 13.1. The van der Waals surface area contributed by atoms with Crippen LogP contribution >= 0.6 is 0 Å². The maximum Gasteiger partial charge on any atom is 0.509 e. The van der Waals surface area contributed by atoms with Crippen LogP contribution in [0.15, 0.2) is 18.2 Å². The maximum atomic E-state index is 12.8. The van der Waals surface area contributed by atoms with Crippen LogP contribution in [0.1, 0.15) is 93.6 Å². The quantitative estimate of drug-likeness (QED) is 0.212. The summed E-state index contributed by atoms with van der Waals surface area (Å²) in [5, 5.41) is 9.72. The van der Waals surface area contributed by atoms with Gasteiger partial charge in [0.2, 0.25) is 0 Å². The molecular weight excluding hydrogens is 518 g/mol. The van der Waals surface area contributed by atoms with Gasteiger partial charge in [0, 0.05) is 5.92 Å². The molecule has 4 unspecified atom stereocenters. The summed E-state index contributed by atoms with van der Waals surface area (Å²) in [6.07, 6.45) is -1.02. The van der Waals surface area contributed by atoms with E-state index in [-0.39, 0.29) is 29.8 Å². The molecule has 0 heterocycles. The van der Waals surface area contributed by atoms with Crippen molar-refractivity contribution >= 4 is 24.1 Å². The highest BCUT2D eigenvalue weighted by atomic mass is 16.7. The van der Waals surface area contributed by atoms with Crippen molar-refractivity contribution in [2.24, 2.45) is 29.4 Å². The van der Waals surface area contributed by atoms with Gasteiger partial charge in [0.15, 0.2) is 11.5 Å². The molecule has 0 aromatic heterocycles. The van der Waals surface area contributed by atoms with E-state index in [1.54, 1.807) is 40.7 Å².